The van der Waals surface area contributed by atoms with Crippen LogP contribution in [0.15, 0.2) is 48.5 Å². The Morgan fingerprint density at radius 1 is 0.773 bits per heavy atom. The van der Waals surface area contributed by atoms with Crippen molar-refractivity contribution in [3.63, 3.8) is 0 Å². The molecule has 0 aliphatic carbocycles. The normalized spacial score (nSPS) is 10.9. The first-order valence-electron chi connectivity index (χ1n) is 6.91. The zero-order valence-corrected chi connectivity index (χ0v) is 11.7. The van der Waals surface area contributed by atoms with E-state index >= 15 is 0 Å². The highest BCUT2D eigenvalue weighted by molar-refractivity contribution is 6.01. The molecule has 0 aliphatic heterocycles. The lowest BCUT2D eigenvalue weighted by Gasteiger charge is -2.11. The van der Waals surface area contributed by atoms with E-state index in [9.17, 15) is 9.59 Å². The van der Waals surface area contributed by atoms with E-state index in [2.05, 4.69) is 0 Å². The van der Waals surface area contributed by atoms with E-state index in [-0.39, 0.29) is 12.8 Å². The largest absolute Gasteiger partial charge is 0.481 e. The summed E-state index contributed by atoms with van der Waals surface area (Å²) in [5.74, 6) is -1.93. The predicted octanol–water partition coefficient (Wildman–Crippen LogP) is 3.25. The highest BCUT2D eigenvalue weighted by atomic mass is 16.4. The van der Waals surface area contributed by atoms with Gasteiger partial charge in [0.25, 0.3) is 0 Å². The molecule has 0 bridgehead atoms. The lowest BCUT2D eigenvalue weighted by molar-refractivity contribution is -0.137. The van der Waals surface area contributed by atoms with Gasteiger partial charge in [0.05, 0.1) is 12.8 Å². The second-order valence-corrected chi connectivity index (χ2v) is 5.26. The maximum Gasteiger partial charge on any atom is 0.307 e. The van der Waals surface area contributed by atoms with Gasteiger partial charge < -0.3 is 10.2 Å². The molecule has 0 fully saturated rings. The molecule has 3 aromatic rings. The van der Waals surface area contributed by atoms with Crippen molar-refractivity contribution < 1.29 is 19.8 Å². The van der Waals surface area contributed by atoms with Crippen LogP contribution in [0.3, 0.4) is 0 Å². The van der Waals surface area contributed by atoms with Crippen LogP contribution in [0, 0.1) is 0 Å². The van der Waals surface area contributed by atoms with E-state index in [0.29, 0.717) is 11.1 Å². The first-order chi connectivity index (χ1) is 10.5. The Balaban J connectivity index is 2.31. The van der Waals surface area contributed by atoms with Crippen LogP contribution in [-0.4, -0.2) is 22.2 Å². The van der Waals surface area contributed by atoms with Crippen molar-refractivity contribution in [3.05, 3.63) is 59.7 Å². The van der Waals surface area contributed by atoms with Crippen LogP contribution in [-0.2, 0) is 22.4 Å². The second kappa shape index (κ2) is 5.48. The van der Waals surface area contributed by atoms with Gasteiger partial charge in [0.1, 0.15) is 0 Å². The Hall–Kier alpha value is -2.88. The number of carboxylic acid groups (broad SMARTS) is 2. The number of benzene rings is 3. The third-order valence-electron chi connectivity index (χ3n) is 3.76. The summed E-state index contributed by atoms with van der Waals surface area (Å²) in [5, 5.41) is 22.0. The molecule has 0 heterocycles. The maximum absolute atomic E-state index is 11.2. The number of aliphatic carboxylic acids is 2. The van der Waals surface area contributed by atoms with Gasteiger partial charge in [-0.2, -0.15) is 0 Å². The van der Waals surface area contributed by atoms with Crippen molar-refractivity contribution in [2.45, 2.75) is 12.8 Å². The Morgan fingerprint density at radius 2 is 1.41 bits per heavy atom. The molecule has 3 rings (SSSR count). The van der Waals surface area contributed by atoms with Gasteiger partial charge in [0, 0.05) is 0 Å². The van der Waals surface area contributed by atoms with Crippen molar-refractivity contribution in [1.82, 2.24) is 0 Å². The van der Waals surface area contributed by atoms with E-state index in [0.717, 1.165) is 21.5 Å². The number of hydrogen-bond acceptors (Lipinski definition) is 2. The molecule has 22 heavy (non-hydrogen) atoms. The molecule has 0 amide bonds. The third kappa shape index (κ3) is 2.63. The fraction of sp³-hybridized carbons (Fsp3) is 0.111. The van der Waals surface area contributed by atoms with Crippen molar-refractivity contribution in [3.8, 4) is 0 Å². The van der Waals surface area contributed by atoms with Gasteiger partial charge in [0.15, 0.2) is 0 Å². The molecule has 4 heteroatoms. The number of hydrogen-bond donors (Lipinski definition) is 2. The van der Waals surface area contributed by atoms with E-state index < -0.39 is 11.9 Å². The van der Waals surface area contributed by atoms with Crippen molar-refractivity contribution in [1.29, 1.82) is 0 Å². The Labute approximate surface area is 126 Å². The van der Waals surface area contributed by atoms with Crippen LogP contribution in [0.5, 0.6) is 0 Å². The summed E-state index contributed by atoms with van der Waals surface area (Å²) in [5.41, 5.74) is 1.14. The molecule has 0 saturated carbocycles. The Morgan fingerprint density at radius 3 is 2.05 bits per heavy atom. The van der Waals surface area contributed by atoms with Crippen LogP contribution < -0.4 is 0 Å². The van der Waals surface area contributed by atoms with Gasteiger partial charge >= 0.3 is 11.9 Å². The predicted molar refractivity (Wildman–Crippen MR) is 84.1 cm³/mol. The topological polar surface area (TPSA) is 74.6 Å². The Bertz CT molecular complexity index is 896. The first-order valence-corrected chi connectivity index (χ1v) is 6.91. The van der Waals surface area contributed by atoms with Crippen LogP contribution >= 0.6 is 0 Å². The fourth-order valence-corrected chi connectivity index (χ4v) is 2.81. The quantitative estimate of drug-likeness (QED) is 0.724. The number of fused-ring (bicyclic) bond motifs is 2. The van der Waals surface area contributed by atoms with Gasteiger partial charge in [-0.05, 0) is 44.8 Å². The SMILES string of the molecule is O=C(O)Cc1ccc2cc3ccccc3cc2c1CC(=O)O. The fourth-order valence-electron chi connectivity index (χ4n) is 2.81. The lowest BCUT2D eigenvalue weighted by Crippen LogP contribution is -2.08. The van der Waals surface area contributed by atoms with E-state index in [4.69, 9.17) is 10.2 Å². The van der Waals surface area contributed by atoms with Gasteiger partial charge in [-0.15, -0.1) is 0 Å². The molecular formula is C18H14O4. The van der Waals surface area contributed by atoms with E-state index in [1.54, 1.807) is 6.07 Å². The molecule has 110 valence electrons. The molecule has 0 radical (unpaired) electrons. The smallest absolute Gasteiger partial charge is 0.307 e. The second-order valence-electron chi connectivity index (χ2n) is 5.26. The van der Waals surface area contributed by atoms with E-state index in [1.807, 2.05) is 42.5 Å². The van der Waals surface area contributed by atoms with Crippen LogP contribution in [0.4, 0.5) is 0 Å². The summed E-state index contributed by atoms with van der Waals surface area (Å²) in [6.07, 6.45) is -0.357. The molecule has 0 saturated heterocycles. The van der Waals surface area contributed by atoms with E-state index in [1.165, 1.54) is 0 Å². The van der Waals surface area contributed by atoms with Crippen molar-refractivity contribution >= 4 is 33.5 Å². The summed E-state index contributed by atoms with van der Waals surface area (Å²) in [7, 11) is 0. The summed E-state index contributed by atoms with van der Waals surface area (Å²) in [4.78, 5) is 22.2. The van der Waals surface area contributed by atoms with Gasteiger partial charge in [-0.1, -0.05) is 36.4 Å². The molecule has 4 nitrogen and oxygen atoms in total. The summed E-state index contributed by atoms with van der Waals surface area (Å²) in [6.45, 7) is 0. The minimum Gasteiger partial charge on any atom is -0.481 e. The average Bonchev–Trinajstić information content (AvgIpc) is 2.47. The zero-order chi connectivity index (χ0) is 15.7. The molecule has 0 aliphatic rings. The summed E-state index contributed by atoms with van der Waals surface area (Å²) < 4.78 is 0. The molecule has 3 aromatic carbocycles. The molecular weight excluding hydrogens is 280 g/mol. The van der Waals surface area contributed by atoms with Crippen LogP contribution in [0.25, 0.3) is 21.5 Å². The molecule has 0 unspecified atom stereocenters. The minimum absolute atomic E-state index is 0.175. The summed E-state index contributed by atoms with van der Waals surface area (Å²) >= 11 is 0. The standard InChI is InChI=1S/C18H14O4/c19-17(20)9-14-6-5-13-7-11-3-1-2-4-12(11)8-15(13)16(14)10-18(21)22/h1-8H,9-10H2,(H,19,20)(H,21,22). The number of carbonyl (C=O) groups is 2. The first kappa shape index (κ1) is 14.1. The molecule has 0 aromatic heterocycles. The molecule has 2 N–H and O–H groups in total. The minimum atomic E-state index is -0.966. The highest BCUT2D eigenvalue weighted by Gasteiger charge is 2.14. The lowest BCUT2D eigenvalue weighted by atomic mass is 9.93. The summed E-state index contributed by atoms with van der Waals surface area (Å²) in [6, 6.07) is 15.3. The van der Waals surface area contributed by atoms with Crippen LogP contribution in [0.1, 0.15) is 11.1 Å². The van der Waals surface area contributed by atoms with Crippen molar-refractivity contribution in [2.24, 2.45) is 0 Å². The monoisotopic (exact) mass is 294 g/mol. The zero-order valence-electron chi connectivity index (χ0n) is 11.7. The molecule has 0 spiro atoms. The highest BCUT2D eigenvalue weighted by Crippen LogP contribution is 2.28. The Kier molecular flexibility index (Phi) is 3.51. The van der Waals surface area contributed by atoms with Gasteiger partial charge in [0.2, 0.25) is 0 Å². The van der Waals surface area contributed by atoms with Crippen molar-refractivity contribution in [2.75, 3.05) is 0 Å². The average molecular weight is 294 g/mol. The van der Waals surface area contributed by atoms with Crippen LogP contribution in [0.2, 0.25) is 0 Å². The van der Waals surface area contributed by atoms with Gasteiger partial charge in [-0.25, -0.2) is 0 Å². The maximum atomic E-state index is 11.2. The molecule has 0 atom stereocenters. The number of rotatable bonds is 4. The third-order valence-corrected chi connectivity index (χ3v) is 3.76. The van der Waals surface area contributed by atoms with Gasteiger partial charge in [-0.3, -0.25) is 9.59 Å². The number of carboxylic acids is 2.